The van der Waals surface area contributed by atoms with Crippen LogP contribution in [0.2, 0.25) is 0 Å². The van der Waals surface area contributed by atoms with Gasteiger partial charge in [0, 0.05) is 25.9 Å². The maximum atomic E-state index is 13.1. The van der Waals surface area contributed by atoms with Crippen LogP contribution in [0.4, 0.5) is 24.5 Å². The lowest BCUT2D eigenvalue weighted by molar-refractivity contribution is -0.137. The van der Waals surface area contributed by atoms with Crippen molar-refractivity contribution in [3.63, 3.8) is 0 Å². The summed E-state index contributed by atoms with van der Waals surface area (Å²) in [5.41, 5.74) is -1.17. The predicted octanol–water partition coefficient (Wildman–Crippen LogP) is 3.57. The highest BCUT2D eigenvalue weighted by Crippen LogP contribution is 2.35. The van der Waals surface area contributed by atoms with Crippen molar-refractivity contribution in [3.05, 3.63) is 53.6 Å². The molecule has 34 heavy (non-hydrogen) atoms. The summed E-state index contributed by atoms with van der Waals surface area (Å²) in [6.45, 7) is 1.19. The fourth-order valence-electron chi connectivity index (χ4n) is 3.64. The Labute approximate surface area is 194 Å². The molecule has 0 spiro atoms. The van der Waals surface area contributed by atoms with Crippen LogP contribution in [-0.4, -0.2) is 37.6 Å². The zero-order valence-electron chi connectivity index (χ0n) is 18.0. The zero-order valence-corrected chi connectivity index (χ0v) is 18.8. The van der Waals surface area contributed by atoms with Crippen LogP contribution in [0, 0.1) is 17.2 Å². The summed E-state index contributed by atoms with van der Waals surface area (Å²) >= 11 is 0. The smallest absolute Gasteiger partial charge is 0.325 e. The van der Waals surface area contributed by atoms with Gasteiger partial charge in [-0.05, 0) is 43.2 Å². The van der Waals surface area contributed by atoms with Gasteiger partial charge in [0.2, 0.25) is 21.8 Å². The van der Waals surface area contributed by atoms with E-state index in [2.05, 4.69) is 10.6 Å². The van der Waals surface area contributed by atoms with E-state index >= 15 is 0 Å². The normalized spacial score (nSPS) is 15.4. The van der Waals surface area contributed by atoms with Gasteiger partial charge in [0.25, 0.3) is 0 Å². The summed E-state index contributed by atoms with van der Waals surface area (Å²) in [6.07, 6.45) is -4.38. The lowest BCUT2D eigenvalue weighted by atomic mass is 9.97. The van der Waals surface area contributed by atoms with Gasteiger partial charge in [-0.15, -0.1) is 0 Å². The van der Waals surface area contributed by atoms with E-state index < -0.39 is 39.5 Å². The van der Waals surface area contributed by atoms with Crippen molar-refractivity contribution in [2.24, 2.45) is 5.92 Å². The van der Waals surface area contributed by atoms with E-state index in [0.717, 1.165) is 18.2 Å². The molecule has 1 aliphatic rings. The molecule has 0 bridgehead atoms. The first-order valence-electron chi connectivity index (χ1n) is 10.2. The topological polar surface area (TPSA) is 119 Å². The van der Waals surface area contributed by atoms with E-state index in [1.807, 2.05) is 6.07 Å². The molecule has 1 fully saturated rings. The molecule has 2 aromatic rings. The number of amides is 2. The minimum Gasteiger partial charge on any atom is -0.325 e. The molecule has 0 aromatic heterocycles. The first kappa shape index (κ1) is 25.2. The number of sulfonamides is 1. The van der Waals surface area contributed by atoms with E-state index in [9.17, 15) is 36.4 Å². The van der Waals surface area contributed by atoms with Gasteiger partial charge in [-0.3, -0.25) is 9.59 Å². The molecule has 1 heterocycles. The number of nitriles is 1. The summed E-state index contributed by atoms with van der Waals surface area (Å²) in [5.74, 6) is -1.76. The molecule has 0 atom stereocenters. The van der Waals surface area contributed by atoms with Crippen molar-refractivity contribution in [3.8, 4) is 6.07 Å². The Bertz CT molecular complexity index is 1250. The van der Waals surface area contributed by atoms with E-state index in [1.54, 1.807) is 6.07 Å². The minimum atomic E-state index is -4.65. The number of rotatable bonds is 5. The van der Waals surface area contributed by atoms with Gasteiger partial charge in [0.15, 0.2) is 0 Å². The second-order valence-corrected chi connectivity index (χ2v) is 9.62. The second-order valence-electron chi connectivity index (χ2n) is 7.71. The van der Waals surface area contributed by atoms with Crippen LogP contribution in [0.25, 0.3) is 0 Å². The number of hydrogen-bond acceptors (Lipinski definition) is 5. The Kier molecular flexibility index (Phi) is 7.28. The van der Waals surface area contributed by atoms with Crippen LogP contribution in [0.1, 0.15) is 30.9 Å². The summed E-state index contributed by atoms with van der Waals surface area (Å²) < 4.78 is 66.4. The zero-order chi connectivity index (χ0) is 25.1. The molecule has 0 saturated carbocycles. The molecule has 12 heteroatoms. The number of nitrogens with one attached hydrogen (secondary N) is 2. The molecule has 1 saturated heterocycles. The van der Waals surface area contributed by atoms with E-state index in [0.29, 0.717) is 0 Å². The Morgan fingerprint density at radius 1 is 1.06 bits per heavy atom. The fraction of sp³-hybridized carbons (Fsp3) is 0.318. The quantitative estimate of drug-likeness (QED) is 0.659. The van der Waals surface area contributed by atoms with Crippen molar-refractivity contribution < 1.29 is 31.2 Å². The Morgan fingerprint density at radius 3 is 2.29 bits per heavy atom. The molecule has 8 nitrogen and oxygen atoms in total. The highest BCUT2D eigenvalue weighted by Gasteiger charge is 2.34. The monoisotopic (exact) mass is 494 g/mol. The third-order valence-electron chi connectivity index (χ3n) is 5.37. The third-order valence-corrected chi connectivity index (χ3v) is 7.32. The molecule has 2 aromatic carbocycles. The number of alkyl halides is 3. The van der Waals surface area contributed by atoms with Gasteiger partial charge in [0.05, 0.1) is 27.4 Å². The standard InChI is InChI=1S/C22H21F3N4O4S/c1-14(30)27-18-7-6-17(22(23,24)25)12-19(18)28-21(31)15-8-10-29(11-9-15)34(32,33)20-5-3-2-4-16(20)13-26/h2-7,12,15H,8-11H2,1H3,(H,27,30)(H,28,31). The van der Waals surface area contributed by atoms with Gasteiger partial charge in [-0.25, -0.2) is 8.42 Å². The van der Waals surface area contributed by atoms with Gasteiger partial charge >= 0.3 is 6.18 Å². The largest absolute Gasteiger partial charge is 0.416 e. The second kappa shape index (κ2) is 9.82. The predicted molar refractivity (Wildman–Crippen MR) is 117 cm³/mol. The van der Waals surface area contributed by atoms with Gasteiger partial charge in [-0.2, -0.15) is 22.7 Å². The van der Waals surface area contributed by atoms with Crippen LogP contribution in [-0.2, 0) is 25.8 Å². The highest BCUT2D eigenvalue weighted by molar-refractivity contribution is 7.89. The van der Waals surface area contributed by atoms with Crippen LogP contribution in [0.3, 0.4) is 0 Å². The summed E-state index contributed by atoms with van der Waals surface area (Å²) in [6, 6.07) is 10.2. The fourth-order valence-corrected chi connectivity index (χ4v) is 5.25. The number of anilines is 2. The van der Waals surface area contributed by atoms with Crippen molar-refractivity contribution in [1.82, 2.24) is 4.31 Å². The first-order valence-corrected chi connectivity index (χ1v) is 11.7. The number of halogens is 3. The molecule has 2 N–H and O–H groups in total. The average molecular weight is 494 g/mol. The maximum absolute atomic E-state index is 13.1. The minimum absolute atomic E-state index is 0.00132. The van der Waals surface area contributed by atoms with E-state index in [4.69, 9.17) is 0 Å². The Hall–Kier alpha value is -3.43. The average Bonchev–Trinajstić information content (AvgIpc) is 2.79. The van der Waals surface area contributed by atoms with Crippen molar-refractivity contribution in [2.45, 2.75) is 30.8 Å². The number of nitrogens with zero attached hydrogens (tertiary/aromatic N) is 2. The molecule has 0 aliphatic carbocycles. The molecule has 180 valence electrons. The van der Waals surface area contributed by atoms with E-state index in [-0.39, 0.29) is 47.8 Å². The number of carbonyl (C=O) groups excluding carboxylic acids is 2. The van der Waals surface area contributed by atoms with Crippen LogP contribution in [0.15, 0.2) is 47.4 Å². The lowest BCUT2D eigenvalue weighted by Gasteiger charge is -2.31. The van der Waals surface area contributed by atoms with Crippen molar-refractivity contribution >= 4 is 33.2 Å². The van der Waals surface area contributed by atoms with Crippen LogP contribution >= 0.6 is 0 Å². The molecular weight excluding hydrogens is 473 g/mol. The summed E-state index contributed by atoms with van der Waals surface area (Å²) in [7, 11) is -3.95. The molecule has 1 aliphatic heterocycles. The van der Waals surface area contributed by atoms with Crippen molar-refractivity contribution in [1.29, 1.82) is 5.26 Å². The molecular formula is C22H21F3N4O4S. The number of carbonyl (C=O) groups is 2. The Morgan fingerprint density at radius 2 is 1.71 bits per heavy atom. The number of benzene rings is 2. The Balaban J connectivity index is 1.74. The number of piperidine rings is 1. The molecule has 2 amide bonds. The molecule has 0 unspecified atom stereocenters. The van der Waals surface area contributed by atoms with E-state index in [1.165, 1.54) is 29.4 Å². The maximum Gasteiger partial charge on any atom is 0.416 e. The third kappa shape index (κ3) is 5.55. The summed E-state index contributed by atoms with van der Waals surface area (Å²) in [4.78, 5) is 24.1. The molecule has 0 radical (unpaired) electrons. The van der Waals surface area contributed by atoms with Crippen LogP contribution in [0.5, 0.6) is 0 Å². The van der Waals surface area contributed by atoms with Crippen molar-refractivity contribution in [2.75, 3.05) is 23.7 Å². The molecule has 3 rings (SSSR count). The first-order chi connectivity index (χ1) is 15.9. The number of hydrogen-bond donors (Lipinski definition) is 2. The van der Waals surface area contributed by atoms with Crippen LogP contribution < -0.4 is 10.6 Å². The van der Waals surface area contributed by atoms with Gasteiger partial charge < -0.3 is 10.6 Å². The lowest BCUT2D eigenvalue weighted by Crippen LogP contribution is -2.41. The summed E-state index contributed by atoms with van der Waals surface area (Å²) in [5, 5.41) is 14.0. The highest BCUT2D eigenvalue weighted by atomic mass is 32.2. The van der Waals surface area contributed by atoms with Gasteiger partial charge in [-0.1, -0.05) is 12.1 Å². The van der Waals surface area contributed by atoms with Gasteiger partial charge in [0.1, 0.15) is 6.07 Å². The SMILES string of the molecule is CC(=O)Nc1ccc(C(F)(F)F)cc1NC(=O)C1CCN(S(=O)(=O)c2ccccc2C#N)CC1.